The van der Waals surface area contributed by atoms with Crippen molar-refractivity contribution in [3.63, 3.8) is 0 Å². The van der Waals surface area contributed by atoms with E-state index < -0.39 is 0 Å². The summed E-state index contributed by atoms with van der Waals surface area (Å²) in [6.45, 7) is 1.45. The van der Waals surface area contributed by atoms with Crippen LogP contribution < -0.4 is 10.6 Å². The van der Waals surface area contributed by atoms with Gasteiger partial charge in [0.1, 0.15) is 12.4 Å². The van der Waals surface area contributed by atoms with Crippen molar-refractivity contribution < 1.29 is 14.3 Å². The van der Waals surface area contributed by atoms with E-state index in [1.165, 1.54) is 6.42 Å². The molecular formula is C19H28N4O3S. The molecule has 0 aromatic carbocycles. The van der Waals surface area contributed by atoms with Crippen LogP contribution in [-0.2, 0) is 32.4 Å². The third kappa shape index (κ3) is 4.48. The molecule has 27 heavy (non-hydrogen) atoms. The summed E-state index contributed by atoms with van der Waals surface area (Å²) < 4.78 is 7.23. The van der Waals surface area contributed by atoms with Crippen molar-refractivity contribution in [2.24, 2.45) is 5.92 Å². The third-order valence-corrected chi connectivity index (χ3v) is 6.65. The summed E-state index contributed by atoms with van der Waals surface area (Å²) in [6, 6.07) is 0. The molecule has 4 rings (SSSR count). The molecule has 7 nitrogen and oxygen atoms in total. The summed E-state index contributed by atoms with van der Waals surface area (Å²) in [4.78, 5) is 25.1. The molecule has 1 aliphatic carbocycles. The first-order valence-corrected chi connectivity index (χ1v) is 11.2. The Labute approximate surface area is 164 Å². The van der Waals surface area contributed by atoms with E-state index in [-0.39, 0.29) is 30.4 Å². The molecule has 2 fully saturated rings. The van der Waals surface area contributed by atoms with E-state index >= 15 is 0 Å². The number of nitrogens with one attached hydrogen (secondary N) is 2. The van der Waals surface area contributed by atoms with Gasteiger partial charge in [-0.2, -0.15) is 16.9 Å². The van der Waals surface area contributed by atoms with E-state index in [9.17, 15) is 9.59 Å². The zero-order valence-electron chi connectivity index (χ0n) is 15.7. The Hall–Kier alpha value is -1.54. The SMILES string of the molecule is O=C(Cn1nc2c(c1NC(=O)C1CCCCC1)CSC2)NCC1CCCO1. The molecule has 3 heterocycles. The monoisotopic (exact) mass is 392 g/mol. The minimum absolute atomic E-state index is 0.0790. The van der Waals surface area contributed by atoms with Gasteiger partial charge in [0.15, 0.2) is 0 Å². The van der Waals surface area contributed by atoms with Crippen LogP contribution in [0.3, 0.4) is 0 Å². The predicted molar refractivity (Wildman–Crippen MR) is 104 cm³/mol. The summed E-state index contributed by atoms with van der Waals surface area (Å²) in [6.07, 6.45) is 7.56. The van der Waals surface area contributed by atoms with E-state index in [1.807, 2.05) is 0 Å². The second-order valence-corrected chi connectivity index (χ2v) is 8.67. The minimum atomic E-state index is -0.0903. The molecule has 1 unspecified atom stereocenters. The van der Waals surface area contributed by atoms with Crippen LogP contribution in [0.1, 0.15) is 56.2 Å². The molecule has 3 aliphatic rings. The molecule has 1 saturated carbocycles. The van der Waals surface area contributed by atoms with Crippen LogP contribution in [0, 0.1) is 5.92 Å². The topological polar surface area (TPSA) is 85.2 Å². The van der Waals surface area contributed by atoms with Crippen molar-refractivity contribution in [2.75, 3.05) is 18.5 Å². The fourth-order valence-corrected chi connectivity index (χ4v) is 5.16. The molecule has 2 aliphatic heterocycles. The van der Waals surface area contributed by atoms with E-state index in [4.69, 9.17) is 4.74 Å². The van der Waals surface area contributed by atoms with E-state index in [0.29, 0.717) is 6.54 Å². The Morgan fingerprint density at radius 2 is 2.00 bits per heavy atom. The number of carbonyl (C=O) groups is 2. The average molecular weight is 393 g/mol. The van der Waals surface area contributed by atoms with E-state index in [2.05, 4.69) is 15.7 Å². The first kappa shape index (κ1) is 18.8. The summed E-state index contributed by atoms with van der Waals surface area (Å²) in [5.41, 5.74) is 2.07. The standard InChI is InChI=1S/C19H28N4O3S/c24-17(20-9-14-7-4-8-26-14)10-23-18(15-11-27-12-16(15)22-23)21-19(25)13-5-2-1-3-6-13/h13-14H,1-12H2,(H,20,24)(H,21,25). The molecule has 2 N–H and O–H groups in total. The predicted octanol–water partition coefficient (Wildman–Crippen LogP) is 2.44. The Kier molecular flexibility index (Phi) is 6.02. The van der Waals surface area contributed by atoms with Crippen LogP contribution in [0.5, 0.6) is 0 Å². The number of anilines is 1. The van der Waals surface area contributed by atoms with Crippen molar-refractivity contribution in [1.29, 1.82) is 0 Å². The molecule has 0 bridgehead atoms. The maximum absolute atomic E-state index is 12.7. The number of nitrogens with zero attached hydrogens (tertiary/aromatic N) is 2. The maximum atomic E-state index is 12.7. The number of aromatic nitrogens is 2. The lowest BCUT2D eigenvalue weighted by atomic mass is 9.88. The van der Waals surface area contributed by atoms with Crippen molar-refractivity contribution in [1.82, 2.24) is 15.1 Å². The van der Waals surface area contributed by atoms with Gasteiger partial charge in [-0.15, -0.1) is 0 Å². The molecular weight excluding hydrogens is 364 g/mol. The van der Waals surface area contributed by atoms with Gasteiger partial charge < -0.3 is 15.4 Å². The van der Waals surface area contributed by atoms with Gasteiger partial charge in [-0.05, 0) is 25.7 Å². The van der Waals surface area contributed by atoms with Crippen molar-refractivity contribution in [3.8, 4) is 0 Å². The van der Waals surface area contributed by atoms with Gasteiger partial charge in [0.05, 0.1) is 11.8 Å². The van der Waals surface area contributed by atoms with Gasteiger partial charge in [-0.3, -0.25) is 9.59 Å². The average Bonchev–Trinajstić information content (AvgIpc) is 3.41. The van der Waals surface area contributed by atoms with E-state index in [1.54, 1.807) is 16.4 Å². The van der Waals surface area contributed by atoms with Gasteiger partial charge in [0.25, 0.3) is 0 Å². The fraction of sp³-hybridized carbons (Fsp3) is 0.737. The van der Waals surface area contributed by atoms with Crippen LogP contribution in [0.2, 0.25) is 0 Å². The van der Waals surface area contributed by atoms with Crippen LogP contribution in [-0.4, -0.2) is 40.9 Å². The van der Waals surface area contributed by atoms with Crippen LogP contribution in [0.4, 0.5) is 5.82 Å². The highest BCUT2D eigenvalue weighted by molar-refractivity contribution is 7.98. The Bertz CT molecular complexity index is 693. The first-order valence-electron chi connectivity index (χ1n) is 10.1. The third-order valence-electron chi connectivity index (χ3n) is 5.68. The number of hydrogen-bond acceptors (Lipinski definition) is 5. The number of thioether (sulfide) groups is 1. The molecule has 1 aromatic rings. The number of amides is 2. The lowest BCUT2D eigenvalue weighted by Crippen LogP contribution is -2.35. The zero-order valence-corrected chi connectivity index (χ0v) is 16.5. The first-order chi connectivity index (χ1) is 13.2. The quantitative estimate of drug-likeness (QED) is 0.777. The molecule has 148 valence electrons. The summed E-state index contributed by atoms with van der Waals surface area (Å²) in [5, 5.41) is 10.6. The number of rotatable bonds is 6. The maximum Gasteiger partial charge on any atom is 0.241 e. The number of hydrogen-bond donors (Lipinski definition) is 2. The molecule has 0 radical (unpaired) electrons. The number of ether oxygens (including phenoxy) is 1. The lowest BCUT2D eigenvalue weighted by molar-refractivity contribution is -0.123. The zero-order chi connectivity index (χ0) is 18.6. The fourth-order valence-electron chi connectivity index (χ4n) is 4.13. The highest BCUT2D eigenvalue weighted by Gasteiger charge is 2.28. The number of fused-ring (bicyclic) bond motifs is 1. The molecule has 1 atom stereocenters. The largest absolute Gasteiger partial charge is 0.376 e. The highest BCUT2D eigenvalue weighted by atomic mass is 32.2. The lowest BCUT2D eigenvalue weighted by Gasteiger charge is -2.21. The Balaban J connectivity index is 1.41. The molecule has 0 spiro atoms. The van der Waals surface area contributed by atoms with Crippen LogP contribution >= 0.6 is 11.8 Å². The number of carbonyl (C=O) groups excluding carboxylic acids is 2. The second-order valence-electron chi connectivity index (χ2n) is 7.69. The van der Waals surface area contributed by atoms with Gasteiger partial charge in [0, 0.05) is 36.1 Å². The van der Waals surface area contributed by atoms with Crippen molar-refractivity contribution in [2.45, 2.75) is 69.1 Å². The molecule has 2 amide bonds. The summed E-state index contributed by atoms with van der Waals surface area (Å²) in [7, 11) is 0. The Morgan fingerprint density at radius 1 is 1.15 bits per heavy atom. The highest BCUT2D eigenvalue weighted by Crippen LogP contribution is 2.35. The summed E-state index contributed by atoms with van der Waals surface area (Å²) in [5.74, 6) is 2.47. The Morgan fingerprint density at radius 3 is 2.78 bits per heavy atom. The molecule has 1 aromatic heterocycles. The van der Waals surface area contributed by atoms with Crippen molar-refractivity contribution >= 4 is 29.4 Å². The molecule has 1 saturated heterocycles. The van der Waals surface area contributed by atoms with Crippen LogP contribution in [0.15, 0.2) is 0 Å². The minimum Gasteiger partial charge on any atom is -0.376 e. The second kappa shape index (κ2) is 8.65. The van der Waals surface area contributed by atoms with Gasteiger partial charge in [-0.25, -0.2) is 4.68 Å². The smallest absolute Gasteiger partial charge is 0.241 e. The van der Waals surface area contributed by atoms with Crippen LogP contribution in [0.25, 0.3) is 0 Å². The van der Waals surface area contributed by atoms with Crippen molar-refractivity contribution in [3.05, 3.63) is 11.3 Å². The normalized spacial score (nSPS) is 22.6. The van der Waals surface area contributed by atoms with Gasteiger partial charge in [0.2, 0.25) is 11.8 Å². The van der Waals surface area contributed by atoms with Gasteiger partial charge in [-0.1, -0.05) is 19.3 Å². The van der Waals surface area contributed by atoms with Gasteiger partial charge >= 0.3 is 0 Å². The molecule has 8 heteroatoms. The summed E-state index contributed by atoms with van der Waals surface area (Å²) >= 11 is 1.80. The van der Waals surface area contributed by atoms with E-state index in [0.717, 1.165) is 73.7 Å².